The summed E-state index contributed by atoms with van der Waals surface area (Å²) in [6, 6.07) is 33.8. The lowest BCUT2D eigenvalue weighted by molar-refractivity contribution is 0.0939. The van der Waals surface area contributed by atoms with E-state index in [4.69, 9.17) is 59.1 Å². The molecule has 6 aliphatic carbocycles. The van der Waals surface area contributed by atoms with Gasteiger partial charge in [-0.25, -0.2) is 9.97 Å². The number of anilines is 2. The minimum absolute atomic E-state index is 0.213. The minimum atomic E-state index is -1.23. The number of nitrogens with zero attached hydrogens (tertiary/aromatic N) is 10. The van der Waals surface area contributed by atoms with Crippen LogP contribution in [0.2, 0.25) is 109 Å². The highest BCUT2D eigenvalue weighted by atomic mass is 79.9. The summed E-state index contributed by atoms with van der Waals surface area (Å²) in [7, 11) is -5.94. The molecule has 2 unspecified atom stereocenters. The quantitative estimate of drug-likeness (QED) is 0.0248. The Bertz CT molecular complexity index is 3940. The molecule has 6 heterocycles. The standard InChI is InChI=1S/C40H57N5O2Si2.C37H52BrN5O2Si2.C3H7BO2/c1-48(2,3)20-18-46-27-44(28-47-19-21-49(4,5)6)40-37(32-14-15-32)38(34-23-29-12-13-30(22-29)24-34)43-39-35(26-42-45(39)40)33-16-17-36(41-25-33)31-10-8-7-9-11-31;1-46(2,3)18-16-44-25-42(26-45-17-19-47(4,5)6)37-34(38)35(31-21-27-12-13-28(20-27)22-31)41-36-32(24-40-43(36)37)30-14-15-33(39-23-30)29-10-8-7-9-11-29;5-4(6)3-1-2-3/h7-11,16-17,25-26,29-30,32,34H,12-15,18-24,27-28H2,1-6H3;7-11,14-15,23-24,27-28,31H,12-13,16-22,25-26H2,1-6H3;3,5-6H,1-2H2/t29-,30+,34?;27-,28+,31?;. The molecule has 14 rings (SSSR count). The van der Waals surface area contributed by atoms with Crippen molar-refractivity contribution in [3.63, 3.8) is 0 Å². The van der Waals surface area contributed by atoms with Gasteiger partial charge in [0.05, 0.1) is 39.6 Å². The second-order valence-corrected chi connectivity index (χ2v) is 58.8. The molecule has 0 amide bonds. The van der Waals surface area contributed by atoms with Crippen LogP contribution in [-0.4, -0.2) is 142 Å². The monoisotopic (exact) mass is 1510 g/mol. The maximum atomic E-state index is 8.25. The Kier molecular flexibility index (Phi) is 25.2. The lowest BCUT2D eigenvalue weighted by atomic mass is 9.78. The number of fused-ring (bicyclic) bond motifs is 6. The molecule has 6 aliphatic rings. The molecule has 6 fully saturated rings. The molecule has 6 aromatic heterocycles. The molecule has 2 N–H and O–H groups in total. The van der Waals surface area contributed by atoms with Crippen LogP contribution in [0.15, 0.2) is 114 Å². The van der Waals surface area contributed by atoms with Gasteiger partial charge < -0.3 is 38.8 Å². The van der Waals surface area contributed by atoms with Crippen LogP contribution in [0.3, 0.4) is 0 Å². The first-order valence-electron chi connectivity index (χ1n) is 38.5. The zero-order valence-electron chi connectivity index (χ0n) is 63.4. The van der Waals surface area contributed by atoms with Crippen LogP contribution in [0.5, 0.6) is 0 Å². The Balaban J connectivity index is 0.000000178. The Labute approximate surface area is 621 Å². The zero-order valence-corrected chi connectivity index (χ0v) is 68.9. The molecule has 6 saturated carbocycles. The van der Waals surface area contributed by atoms with E-state index in [-0.39, 0.29) is 5.82 Å². The molecule has 548 valence electrons. The second-order valence-electron chi connectivity index (χ2n) is 35.5. The van der Waals surface area contributed by atoms with Gasteiger partial charge in [0, 0.05) is 122 Å². The maximum absolute atomic E-state index is 8.25. The highest BCUT2D eigenvalue weighted by Crippen LogP contribution is 2.55. The predicted molar refractivity (Wildman–Crippen MR) is 433 cm³/mol. The van der Waals surface area contributed by atoms with E-state index in [9.17, 15) is 0 Å². The van der Waals surface area contributed by atoms with Crippen molar-refractivity contribution in [2.75, 3.05) is 63.2 Å². The molecule has 2 aromatic carbocycles. The van der Waals surface area contributed by atoms with Gasteiger partial charge in [0.1, 0.15) is 32.7 Å². The summed E-state index contributed by atoms with van der Waals surface area (Å²) in [5, 5.41) is 26.6. The van der Waals surface area contributed by atoms with Crippen LogP contribution in [0.25, 0.3) is 56.1 Å². The van der Waals surface area contributed by atoms with Crippen molar-refractivity contribution < 1.29 is 29.0 Å². The topological polar surface area (TPSA) is 170 Å². The number of hydrogen-bond acceptors (Lipinski definition) is 14. The summed E-state index contributed by atoms with van der Waals surface area (Å²) in [6.07, 6.45) is 25.5. The average molecular weight is 1520 g/mol. The lowest BCUT2D eigenvalue weighted by Crippen LogP contribution is -2.34. The first-order valence-corrected chi connectivity index (χ1v) is 54.1. The summed E-state index contributed by atoms with van der Waals surface area (Å²) in [5.41, 5.74) is 13.9. The third-order valence-electron chi connectivity index (χ3n) is 21.7. The van der Waals surface area contributed by atoms with Gasteiger partial charge in [0.25, 0.3) is 0 Å². The molecule has 4 bridgehead atoms. The van der Waals surface area contributed by atoms with E-state index in [1.54, 1.807) is 0 Å². The van der Waals surface area contributed by atoms with Crippen LogP contribution in [-0.2, 0) is 18.9 Å². The van der Waals surface area contributed by atoms with Crippen LogP contribution < -0.4 is 9.80 Å². The van der Waals surface area contributed by atoms with Crippen LogP contribution in [0.1, 0.15) is 125 Å². The van der Waals surface area contributed by atoms with Gasteiger partial charge in [-0.3, -0.25) is 9.97 Å². The van der Waals surface area contributed by atoms with E-state index in [2.05, 4.69) is 169 Å². The number of hydrogen-bond donors (Lipinski definition) is 2. The van der Waals surface area contributed by atoms with Crippen molar-refractivity contribution in [1.29, 1.82) is 0 Å². The van der Waals surface area contributed by atoms with Crippen molar-refractivity contribution in [2.24, 2.45) is 23.7 Å². The first-order chi connectivity index (χ1) is 48.8. The fraction of sp³-hybridized carbons (Fsp3) is 0.575. The molecule has 0 saturated heterocycles. The summed E-state index contributed by atoms with van der Waals surface area (Å²) < 4.78 is 31.0. The van der Waals surface area contributed by atoms with Crippen molar-refractivity contribution in [3.8, 4) is 44.8 Å². The SMILES string of the molecule is C[Si](C)(C)CCOCN(COCC[Si](C)(C)C)c1c(Br)c(C2C[C@H]3CC[C@@H](C2)C3)nc2c(-c3ccc(-c4ccccc4)nc3)cnn12.C[Si](C)(C)CCOCN(COCC[Si](C)(C)C)c1c(C2CC2)c(C2C[C@H]3CC[C@@H](C2)C3)nc2c(-c3ccc(-c4ccccc4)nc3)cnn12.OB(O)C1CC1. The van der Waals surface area contributed by atoms with E-state index < -0.39 is 39.4 Å². The predicted octanol–water partition coefficient (Wildman–Crippen LogP) is 19.6. The average Bonchev–Trinajstić information content (AvgIpc) is 1.53. The molecule has 6 atom stereocenters. The fourth-order valence-corrected chi connectivity index (χ4v) is 19.2. The minimum Gasteiger partial charge on any atom is -0.427 e. The van der Waals surface area contributed by atoms with E-state index in [1.165, 1.54) is 88.3 Å². The fourth-order valence-electron chi connectivity index (χ4n) is 15.4. The molecular formula is C80H116BBrN10O6Si4. The van der Waals surface area contributed by atoms with Gasteiger partial charge in [-0.2, -0.15) is 19.2 Å². The van der Waals surface area contributed by atoms with E-state index in [0.29, 0.717) is 44.7 Å². The van der Waals surface area contributed by atoms with Crippen LogP contribution in [0.4, 0.5) is 11.6 Å². The number of pyridine rings is 2. The Morgan fingerprint density at radius 1 is 0.431 bits per heavy atom. The smallest absolute Gasteiger partial charge is 0.427 e. The maximum Gasteiger partial charge on any atom is 0.454 e. The first kappa shape index (κ1) is 76.4. The zero-order chi connectivity index (χ0) is 71.9. The third-order valence-corrected chi connectivity index (χ3v) is 29.3. The van der Waals surface area contributed by atoms with Crippen LogP contribution >= 0.6 is 15.9 Å². The summed E-state index contributed by atoms with van der Waals surface area (Å²) in [6.45, 7) is 33.8. The van der Waals surface area contributed by atoms with Gasteiger partial charge in [-0.05, 0) is 139 Å². The highest BCUT2D eigenvalue weighted by Gasteiger charge is 2.42. The molecule has 22 heteroatoms. The van der Waals surface area contributed by atoms with Crippen molar-refractivity contribution >= 4 is 78.3 Å². The van der Waals surface area contributed by atoms with Gasteiger partial charge in [-0.15, -0.1) is 0 Å². The second kappa shape index (κ2) is 33.7. The third kappa shape index (κ3) is 20.7. The van der Waals surface area contributed by atoms with Crippen LogP contribution in [0, 0.1) is 23.7 Å². The van der Waals surface area contributed by atoms with Crippen molar-refractivity contribution in [1.82, 2.24) is 39.2 Å². The number of aromatic nitrogens is 8. The Morgan fingerprint density at radius 3 is 1.15 bits per heavy atom. The summed E-state index contributed by atoms with van der Waals surface area (Å²) in [5.74, 6) is 7.03. The van der Waals surface area contributed by atoms with Gasteiger partial charge in [-0.1, -0.05) is 190 Å². The molecule has 8 aromatic rings. The van der Waals surface area contributed by atoms with E-state index in [0.717, 1.165) is 165 Å². The number of benzene rings is 2. The molecular weight excluding hydrogens is 1400 g/mol. The summed E-state index contributed by atoms with van der Waals surface area (Å²) in [4.78, 5) is 25.4. The largest absolute Gasteiger partial charge is 0.454 e. The Hall–Kier alpha value is -5.25. The molecule has 0 radical (unpaired) electrons. The lowest BCUT2D eigenvalue weighted by Gasteiger charge is -2.33. The summed E-state index contributed by atoms with van der Waals surface area (Å²) >= 11 is 4.11. The normalized spacial score (nSPS) is 20.5. The number of halogens is 1. The Morgan fingerprint density at radius 2 is 0.804 bits per heavy atom. The molecule has 0 aliphatic heterocycles. The number of rotatable bonds is 30. The molecule has 16 nitrogen and oxygen atoms in total. The molecule has 102 heavy (non-hydrogen) atoms. The molecule has 0 spiro atoms. The van der Waals surface area contributed by atoms with Crippen molar-refractivity contribution in [2.45, 2.75) is 216 Å². The van der Waals surface area contributed by atoms with Gasteiger partial charge in [0.2, 0.25) is 0 Å². The van der Waals surface area contributed by atoms with Gasteiger partial charge in [0.15, 0.2) is 17.1 Å². The van der Waals surface area contributed by atoms with Crippen molar-refractivity contribution in [3.05, 3.63) is 131 Å². The van der Waals surface area contributed by atoms with Gasteiger partial charge >= 0.3 is 7.12 Å². The van der Waals surface area contributed by atoms with E-state index >= 15 is 0 Å². The van der Waals surface area contributed by atoms with E-state index in [1.807, 2.05) is 53.6 Å². The number of ether oxygens (including phenoxy) is 4. The highest BCUT2D eigenvalue weighted by molar-refractivity contribution is 9.10.